The van der Waals surface area contributed by atoms with Crippen LogP contribution in [0.15, 0.2) is 42.5 Å². The number of rotatable bonds is 5. The summed E-state index contributed by atoms with van der Waals surface area (Å²) in [6, 6.07) is 6.80. The molecule has 0 amide bonds. The van der Waals surface area contributed by atoms with Gasteiger partial charge in [0, 0.05) is 20.2 Å². The summed E-state index contributed by atoms with van der Waals surface area (Å²) in [6.45, 7) is 0.714. The Morgan fingerprint density at radius 2 is 1.52 bits per heavy atom. The van der Waals surface area contributed by atoms with Crippen LogP contribution in [0.3, 0.4) is 0 Å². The van der Waals surface area contributed by atoms with Gasteiger partial charge in [0.1, 0.15) is 5.82 Å². The van der Waals surface area contributed by atoms with Crippen LogP contribution >= 0.6 is 0 Å². The SMILES string of the molecule is COCCN1CC(c2cc(C(F)(F)F)cc(C(F)(F)F)c2)OCC1c1ccc(F)cc1. The molecular formula is C21H20F7NO2. The molecule has 2 atom stereocenters. The van der Waals surface area contributed by atoms with E-state index in [1.807, 2.05) is 4.90 Å². The lowest BCUT2D eigenvalue weighted by atomic mass is 9.97. The summed E-state index contributed by atoms with van der Waals surface area (Å²) >= 11 is 0. The highest BCUT2D eigenvalue weighted by molar-refractivity contribution is 5.35. The number of nitrogens with zero attached hydrogens (tertiary/aromatic N) is 1. The van der Waals surface area contributed by atoms with Crippen LogP contribution < -0.4 is 0 Å². The predicted octanol–water partition coefficient (Wildman–Crippen LogP) is 5.62. The van der Waals surface area contributed by atoms with E-state index in [0.717, 1.165) is 5.56 Å². The molecule has 0 spiro atoms. The summed E-state index contributed by atoms with van der Waals surface area (Å²) in [5, 5.41) is 0. The monoisotopic (exact) mass is 451 g/mol. The van der Waals surface area contributed by atoms with Crippen LogP contribution in [0.5, 0.6) is 0 Å². The second kappa shape index (κ2) is 9.13. The Bertz CT molecular complexity index is 849. The minimum absolute atomic E-state index is 0.0115. The second-order valence-corrected chi connectivity index (χ2v) is 7.22. The van der Waals surface area contributed by atoms with Crippen LogP contribution in [0.1, 0.15) is 34.4 Å². The van der Waals surface area contributed by atoms with E-state index in [0.29, 0.717) is 25.3 Å². The third-order valence-electron chi connectivity index (χ3n) is 5.12. The van der Waals surface area contributed by atoms with Crippen LogP contribution in [0.25, 0.3) is 0 Å². The number of morpholine rings is 1. The zero-order valence-electron chi connectivity index (χ0n) is 16.4. The maximum Gasteiger partial charge on any atom is 0.416 e. The first-order valence-corrected chi connectivity index (χ1v) is 9.38. The minimum atomic E-state index is -4.93. The molecule has 3 rings (SSSR count). The molecule has 10 heteroatoms. The van der Waals surface area contributed by atoms with Gasteiger partial charge in [-0.05, 0) is 41.5 Å². The Morgan fingerprint density at radius 1 is 0.935 bits per heavy atom. The molecular weight excluding hydrogens is 431 g/mol. The summed E-state index contributed by atoms with van der Waals surface area (Å²) < 4.78 is 103. The number of ether oxygens (including phenoxy) is 2. The molecule has 1 heterocycles. The molecule has 0 aliphatic carbocycles. The molecule has 1 saturated heterocycles. The molecule has 1 aliphatic rings. The van der Waals surface area contributed by atoms with Crippen molar-refractivity contribution in [3.05, 3.63) is 70.5 Å². The molecule has 2 unspecified atom stereocenters. The second-order valence-electron chi connectivity index (χ2n) is 7.22. The van der Waals surface area contributed by atoms with Crippen LogP contribution in [0.4, 0.5) is 30.7 Å². The number of halogens is 7. The van der Waals surface area contributed by atoms with Crippen molar-refractivity contribution in [2.24, 2.45) is 0 Å². The topological polar surface area (TPSA) is 21.7 Å². The fourth-order valence-electron chi connectivity index (χ4n) is 3.52. The van der Waals surface area contributed by atoms with Crippen LogP contribution in [0.2, 0.25) is 0 Å². The Hall–Kier alpha value is -2.17. The van der Waals surface area contributed by atoms with Gasteiger partial charge in [-0.1, -0.05) is 12.1 Å². The largest absolute Gasteiger partial charge is 0.416 e. The van der Waals surface area contributed by atoms with Crippen molar-refractivity contribution < 1.29 is 40.2 Å². The summed E-state index contributed by atoms with van der Waals surface area (Å²) in [6.07, 6.45) is -10.9. The first-order valence-electron chi connectivity index (χ1n) is 9.38. The zero-order chi connectivity index (χ0) is 22.8. The Labute approximate surface area is 174 Å². The van der Waals surface area contributed by atoms with Gasteiger partial charge in [0.05, 0.1) is 36.5 Å². The van der Waals surface area contributed by atoms with Crippen molar-refractivity contribution in [3.8, 4) is 0 Å². The first-order chi connectivity index (χ1) is 14.5. The van der Waals surface area contributed by atoms with Crippen molar-refractivity contribution in [1.29, 1.82) is 0 Å². The Kier molecular flexibility index (Phi) is 6.92. The number of benzene rings is 2. The Morgan fingerprint density at radius 3 is 2.03 bits per heavy atom. The van der Waals surface area contributed by atoms with Crippen molar-refractivity contribution in [2.45, 2.75) is 24.5 Å². The number of hydrogen-bond acceptors (Lipinski definition) is 3. The molecule has 1 aliphatic heterocycles. The van der Waals surface area contributed by atoms with Crippen LogP contribution in [-0.2, 0) is 21.8 Å². The van der Waals surface area contributed by atoms with Gasteiger partial charge in [-0.3, -0.25) is 4.90 Å². The van der Waals surface area contributed by atoms with E-state index < -0.39 is 35.4 Å². The molecule has 2 aromatic carbocycles. The smallest absolute Gasteiger partial charge is 0.383 e. The summed E-state index contributed by atoms with van der Waals surface area (Å²) in [5.41, 5.74) is -2.26. The Balaban J connectivity index is 1.92. The van der Waals surface area contributed by atoms with Gasteiger partial charge in [-0.15, -0.1) is 0 Å². The van der Waals surface area contributed by atoms with Gasteiger partial charge in [0.15, 0.2) is 0 Å². The molecule has 0 aromatic heterocycles. The average Bonchev–Trinajstić information content (AvgIpc) is 2.71. The van der Waals surface area contributed by atoms with Crippen molar-refractivity contribution in [2.75, 3.05) is 33.4 Å². The maximum absolute atomic E-state index is 13.3. The quantitative estimate of drug-likeness (QED) is 0.551. The molecule has 0 N–H and O–H groups in total. The highest BCUT2D eigenvalue weighted by atomic mass is 19.4. The third kappa shape index (κ3) is 5.75. The van der Waals surface area contributed by atoms with Gasteiger partial charge in [-0.25, -0.2) is 4.39 Å². The lowest BCUT2D eigenvalue weighted by molar-refractivity contribution is -0.143. The van der Waals surface area contributed by atoms with Crippen LogP contribution in [0, 0.1) is 5.82 Å². The molecule has 170 valence electrons. The molecule has 31 heavy (non-hydrogen) atoms. The molecule has 1 fully saturated rings. The zero-order valence-corrected chi connectivity index (χ0v) is 16.4. The molecule has 3 nitrogen and oxygen atoms in total. The molecule has 0 radical (unpaired) electrons. The normalized spacial score (nSPS) is 20.8. The highest BCUT2D eigenvalue weighted by Crippen LogP contribution is 2.40. The van der Waals surface area contributed by atoms with Crippen molar-refractivity contribution in [1.82, 2.24) is 4.90 Å². The van der Waals surface area contributed by atoms with Gasteiger partial charge in [0.2, 0.25) is 0 Å². The van der Waals surface area contributed by atoms with Crippen LogP contribution in [-0.4, -0.2) is 38.3 Å². The highest BCUT2D eigenvalue weighted by Gasteiger charge is 2.39. The summed E-state index contributed by atoms with van der Waals surface area (Å²) in [5.74, 6) is -0.426. The van der Waals surface area contributed by atoms with E-state index in [2.05, 4.69) is 0 Å². The van der Waals surface area contributed by atoms with E-state index in [1.165, 1.54) is 19.2 Å². The van der Waals surface area contributed by atoms with Crippen molar-refractivity contribution in [3.63, 3.8) is 0 Å². The predicted molar refractivity (Wildman–Crippen MR) is 97.7 cm³/mol. The standard InChI is InChI=1S/C21H20F7NO2/c1-30-7-6-29-11-19(31-12-18(29)13-2-4-17(22)5-3-13)14-8-15(20(23,24)25)10-16(9-14)21(26,27)28/h2-5,8-10,18-19H,6-7,11-12H2,1H3. The van der Waals surface area contributed by atoms with Gasteiger partial charge in [-0.2, -0.15) is 26.3 Å². The fraction of sp³-hybridized carbons (Fsp3) is 0.429. The lowest BCUT2D eigenvalue weighted by Gasteiger charge is -2.40. The van der Waals surface area contributed by atoms with E-state index in [-0.39, 0.29) is 30.8 Å². The number of hydrogen-bond donors (Lipinski definition) is 0. The van der Waals surface area contributed by atoms with E-state index in [1.54, 1.807) is 12.1 Å². The maximum atomic E-state index is 13.3. The molecule has 2 aromatic rings. The summed E-state index contributed by atoms with van der Waals surface area (Å²) in [4.78, 5) is 1.85. The van der Waals surface area contributed by atoms with Crippen molar-refractivity contribution >= 4 is 0 Å². The molecule has 0 bridgehead atoms. The third-order valence-corrected chi connectivity index (χ3v) is 5.12. The number of alkyl halides is 6. The van der Waals surface area contributed by atoms with Gasteiger partial charge >= 0.3 is 12.4 Å². The van der Waals surface area contributed by atoms with E-state index >= 15 is 0 Å². The van der Waals surface area contributed by atoms with Gasteiger partial charge in [0.25, 0.3) is 0 Å². The minimum Gasteiger partial charge on any atom is -0.383 e. The average molecular weight is 451 g/mol. The first kappa shape index (κ1) is 23.5. The van der Waals surface area contributed by atoms with Gasteiger partial charge < -0.3 is 9.47 Å². The number of methoxy groups -OCH3 is 1. The van der Waals surface area contributed by atoms with E-state index in [9.17, 15) is 30.7 Å². The van der Waals surface area contributed by atoms with E-state index in [4.69, 9.17) is 9.47 Å². The fourth-order valence-corrected chi connectivity index (χ4v) is 3.52. The lowest BCUT2D eigenvalue weighted by Crippen LogP contribution is -2.42. The summed E-state index contributed by atoms with van der Waals surface area (Å²) in [7, 11) is 1.48. The molecule has 0 saturated carbocycles.